The Morgan fingerprint density at radius 1 is 1.12 bits per heavy atom. The number of benzene rings is 2. The molecule has 1 aliphatic heterocycles. The van der Waals surface area contributed by atoms with Gasteiger partial charge in [0.15, 0.2) is 0 Å². The smallest absolute Gasteiger partial charge is 0.303 e. The summed E-state index contributed by atoms with van der Waals surface area (Å²) in [4.78, 5) is 23.4. The topological polar surface area (TPSA) is 70.0 Å². The molecule has 1 amide bonds. The lowest BCUT2D eigenvalue weighted by atomic mass is 9.98. The maximum atomic E-state index is 12.6. The second-order valence-corrected chi connectivity index (χ2v) is 6.75. The van der Waals surface area contributed by atoms with Crippen LogP contribution in [0.25, 0.3) is 0 Å². The van der Waals surface area contributed by atoms with Gasteiger partial charge < -0.3 is 5.11 Å². The molecule has 5 nitrogen and oxygen atoms in total. The summed E-state index contributed by atoms with van der Waals surface area (Å²) < 4.78 is 0. The first-order valence-corrected chi connectivity index (χ1v) is 8.75. The largest absolute Gasteiger partial charge is 0.481 e. The number of hydrazone groups is 1. The average molecular weight is 371 g/mol. The summed E-state index contributed by atoms with van der Waals surface area (Å²) in [6, 6.07) is 15.0. The summed E-state index contributed by atoms with van der Waals surface area (Å²) in [7, 11) is 0. The Morgan fingerprint density at radius 3 is 2.38 bits per heavy atom. The van der Waals surface area contributed by atoms with Crippen LogP contribution >= 0.6 is 11.6 Å². The monoisotopic (exact) mass is 370 g/mol. The van der Waals surface area contributed by atoms with E-state index >= 15 is 0 Å². The minimum atomic E-state index is -0.997. The van der Waals surface area contributed by atoms with E-state index in [2.05, 4.69) is 5.10 Å². The molecule has 1 atom stereocenters. The van der Waals surface area contributed by atoms with E-state index in [0.717, 1.165) is 22.4 Å². The number of carboxylic acid groups (broad SMARTS) is 1. The standard InChI is InChI=1S/C20H19ClN2O3/c1-13-2-4-14(5-3-13)17-12-18(15-6-8-16(21)9-7-15)23(22-17)19(24)10-11-20(25)26/h2-9,18H,10-12H2,1H3,(H,25,26)/t18-/m0/s1. The highest BCUT2D eigenvalue weighted by atomic mass is 35.5. The van der Waals surface area contributed by atoms with Crippen LogP contribution in [-0.2, 0) is 9.59 Å². The Morgan fingerprint density at radius 2 is 1.77 bits per heavy atom. The maximum absolute atomic E-state index is 12.6. The number of amides is 1. The lowest BCUT2D eigenvalue weighted by molar-refractivity contribution is -0.141. The number of halogens is 1. The minimum Gasteiger partial charge on any atom is -0.481 e. The molecule has 1 N–H and O–H groups in total. The molecule has 2 aromatic rings. The summed E-state index contributed by atoms with van der Waals surface area (Å²) in [6.45, 7) is 2.01. The van der Waals surface area contributed by atoms with Crippen molar-refractivity contribution >= 4 is 29.2 Å². The van der Waals surface area contributed by atoms with Crippen molar-refractivity contribution in [2.24, 2.45) is 5.10 Å². The number of nitrogens with zero attached hydrogens (tertiary/aromatic N) is 2. The Kier molecular flexibility index (Phi) is 5.38. The van der Waals surface area contributed by atoms with Crippen molar-refractivity contribution in [3.8, 4) is 0 Å². The molecular weight excluding hydrogens is 352 g/mol. The van der Waals surface area contributed by atoms with Gasteiger partial charge in [-0.1, -0.05) is 53.6 Å². The fourth-order valence-electron chi connectivity index (χ4n) is 2.93. The summed E-state index contributed by atoms with van der Waals surface area (Å²) in [6.07, 6.45) is 0.283. The molecule has 0 fully saturated rings. The predicted octanol–water partition coefficient (Wildman–Crippen LogP) is 4.19. The Hall–Kier alpha value is -2.66. The van der Waals surface area contributed by atoms with Gasteiger partial charge in [-0.2, -0.15) is 5.10 Å². The zero-order valence-electron chi connectivity index (χ0n) is 14.4. The highest BCUT2D eigenvalue weighted by molar-refractivity contribution is 6.30. The Balaban J connectivity index is 1.89. The third-order valence-electron chi connectivity index (χ3n) is 4.36. The van der Waals surface area contributed by atoms with Crippen molar-refractivity contribution in [2.45, 2.75) is 32.2 Å². The Bertz CT molecular complexity index is 844. The van der Waals surface area contributed by atoms with E-state index in [-0.39, 0.29) is 24.8 Å². The normalized spacial score (nSPS) is 16.5. The van der Waals surface area contributed by atoms with Crippen molar-refractivity contribution in [1.29, 1.82) is 0 Å². The van der Waals surface area contributed by atoms with Crippen LogP contribution in [0.2, 0.25) is 5.02 Å². The molecule has 134 valence electrons. The Labute approximate surface area is 156 Å². The molecule has 26 heavy (non-hydrogen) atoms. The van der Waals surface area contributed by atoms with Crippen LogP contribution in [0.15, 0.2) is 53.6 Å². The molecule has 0 saturated heterocycles. The third-order valence-corrected chi connectivity index (χ3v) is 4.61. The second kappa shape index (κ2) is 7.70. The van der Waals surface area contributed by atoms with Gasteiger partial charge in [0.25, 0.3) is 0 Å². The fourth-order valence-corrected chi connectivity index (χ4v) is 3.06. The molecule has 6 heteroatoms. The van der Waals surface area contributed by atoms with Gasteiger partial charge in [-0.05, 0) is 30.2 Å². The van der Waals surface area contributed by atoms with E-state index in [1.807, 2.05) is 43.3 Å². The third kappa shape index (κ3) is 4.11. The van der Waals surface area contributed by atoms with E-state index in [4.69, 9.17) is 16.7 Å². The molecule has 0 aromatic heterocycles. The number of hydrogen-bond donors (Lipinski definition) is 1. The van der Waals surface area contributed by atoms with E-state index < -0.39 is 5.97 Å². The lowest BCUT2D eigenvalue weighted by Gasteiger charge is -2.22. The van der Waals surface area contributed by atoms with E-state index in [1.165, 1.54) is 5.01 Å². The average Bonchev–Trinajstić information content (AvgIpc) is 3.06. The van der Waals surface area contributed by atoms with E-state index in [0.29, 0.717) is 11.4 Å². The number of carbonyl (C=O) groups excluding carboxylic acids is 1. The van der Waals surface area contributed by atoms with Crippen LogP contribution in [-0.4, -0.2) is 27.7 Å². The van der Waals surface area contributed by atoms with Crippen molar-refractivity contribution in [1.82, 2.24) is 5.01 Å². The van der Waals surface area contributed by atoms with E-state index in [9.17, 15) is 9.59 Å². The summed E-state index contributed by atoms with van der Waals surface area (Å²) >= 11 is 5.97. The van der Waals surface area contributed by atoms with Gasteiger partial charge in [0.1, 0.15) is 0 Å². The highest BCUT2D eigenvalue weighted by Crippen LogP contribution is 2.34. The number of aryl methyl sites for hydroxylation is 1. The van der Waals surface area contributed by atoms with Gasteiger partial charge in [-0.3, -0.25) is 9.59 Å². The number of carboxylic acids is 1. The number of hydrogen-bond acceptors (Lipinski definition) is 3. The van der Waals surface area contributed by atoms with Gasteiger partial charge >= 0.3 is 5.97 Å². The van der Waals surface area contributed by atoms with Crippen molar-refractivity contribution < 1.29 is 14.7 Å². The second-order valence-electron chi connectivity index (χ2n) is 6.32. The molecule has 1 aliphatic rings. The molecule has 3 rings (SSSR count). The summed E-state index contributed by atoms with van der Waals surface area (Å²) in [5, 5.41) is 15.4. The number of rotatable bonds is 5. The molecule has 0 aliphatic carbocycles. The van der Waals surface area contributed by atoms with Gasteiger partial charge in [0.2, 0.25) is 5.91 Å². The molecule has 0 saturated carbocycles. The number of carbonyl (C=O) groups is 2. The van der Waals surface area contributed by atoms with Crippen LogP contribution in [0.5, 0.6) is 0 Å². The predicted molar refractivity (Wildman–Crippen MR) is 100 cm³/mol. The zero-order valence-corrected chi connectivity index (χ0v) is 15.1. The van der Waals surface area contributed by atoms with Crippen LogP contribution in [0.3, 0.4) is 0 Å². The van der Waals surface area contributed by atoms with Gasteiger partial charge in [0, 0.05) is 17.9 Å². The first-order chi connectivity index (χ1) is 12.4. The first kappa shape index (κ1) is 18.1. The molecule has 0 radical (unpaired) electrons. The van der Waals surface area contributed by atoms with Crippen molar-refractivity contribution in [3.05, 3.63) is 70.2 Å². The summed E-state index contributed by atoms with van der Waals surface area (Å²) in [5.41, 5.74) is 3.84. The molecule has 1 heterocycles. The lowest BCUT2D eigenvalue weighted by Crippen LogP contribution is -2.27. The minimum absolute atomic E-state index is 0.0793. The quantitative estimate of drug-likeness (QED) is 0.857. The molecule has 0 bridgehead atoms. The fraction of sp³-hybridized carbons (Fsp3) is 0.250. The molecule has 0 unspecified atom stereocenters. The van der Waals surface area contributed by atoms with Gasteiger partial charge in [-0.25, -0.2) is 5.01 Å². The van der Waals surface area contributed by atoms with Crippen LogP contribution in [0.1, 0.15) is 42.0 Å². The van der Waals surface area contributed by atoms with Crippen molar-refractivity contribution in [2.75, 3.05) is 0 Å². The highest BCUT2D eigenvalue weighted by Gasteiger charge is 2.33. The SMILES string of the molecule is Cc1ccc(C2=NN(C(=O)CCC(=O)O)[C@H](c3ccc(Cl)cc3)C2)cc1. The molecule has 0 spiro atoms. The number of aliphatic carboxylic acids is 1. The van der Waals surface area contributed by atoms with Crippen molar-refractivity contribution in [3.63, 3.8) is 0 Å². The zero-order chi connectivity index (χ0) is 18.7. The van der Waals surface area contributed by atoms with Crippen LogP contribution in [0.4, 0.5) is 0 Å². The van der Waals surface area contributed by atoms with Crippen LogP contribution in [0, 0.1) is 6.92 Å². The van der Waals surface area contributed by atoms with Crippen LogP contribution < -0.4 is 0 Å². The van der Waals surface area contributed by atoms with Gasteiger partial charge in [-0.15, -0.1) is 0 Å². The summed E-state index contributed by atoms with van der Waals surface area (Å²) in [5.74, 6) is -1.29. The molecule has 2 aromatic carbocycles. The first-order valence-electron chi connectivity index (χ1n) is 8.38. The maximum Gasteiger partial charge on any atom is 0.303 e. The van der Waals surface area contributed by atoms with E-state index in [1.54, 1.807) is 12.1 Å². The van der Waals surface area contributed by atoms with Gasteiger partial charge in [0.05, 0.1) is 18.2 Å². The molecular formula is C20H19ClN2O3.